The summed E-state index contributed by atoms with van der Waals surface area (Å²) in [7, 11) is 3.29. The molecule has 0 saturated heterocycles. The van der Waals surface area contributed by atoms with Crippen LogP contribution in [-0.2, 0) is 0 Å². The molecule has 116 valence electrons. The number of amides is 2. The zero-order valence-electron chi connectivity index (χ0n) is 12.3. The standard InChI is InChI=1S/C15H15ClN2O3S/c1-18(2)15(20)10-5-4-9(8-11(10)16)17-14(19)12-6-7-13(21-12)22-3/h4-8H,1-3H3,(H,17,19). The molecule has 5 nitrogen and oxygen atoms in total. The van der Waals surface area contributed by atoms with E-state index in [0.29, 0.717) is 16.3 Å². The summed E-state index contributed by atoms with van der Waals surface area (Å²) in [5.74, 6) is -0.351. The Balaban J connectivity index is 2.15. The maximum absolute atomic E-state index is 12.0. The fourth-order valence-corrected chi connectivity index (χ4v) is 2.39. The third kappa shape index (κ3) is 3.64. The maximum atomic E-state index is 12.0. The Labute approximate surface area is 137 Å². The highest BCUT2D eigenvalue weighted by atomic mass is 35.5. The van der Waals surface area contributed by atoms with Crippen LogP contribution in [0.5, 0.6) is 0 Å². The predicted molar refractivity (Wildman–Crippen MR) is 87.9 cm³/mol. The van der Waals surface area contributed by atoms with E-state index in [4.69, 9.17) is 16.0 Å². The van der Waals surface area contributed by atoms with E-state index in [0.717, 1.165) is 0 Å². The van der Waals surface area contributed by atoms with Gasteiger partial charge in [-0.05, 0) is 36.6 Å². The SMILES string of the molecule is CSc1ccc(C(=O)Nc2ccc(C(=O)N(C)C)c(Cl)c2)o1. The van der Waals surface area contributed by atoms with Gasteiger partial charge < -0.3 is 14.6 Å². The number of anilines is 1. The normalized spacial score (nSPS) is 10.4. The van der Waals surface area contributed by atoms with Gasteiger partial charge in [-0.3, -0.25) is 9.59 Å². The quantitative estimate of drug-likeness (QED) is 0.865. The minimum Gasteiger partial charge on any atom is -0.445 e. The molecule has 0 spiro atoms. The highest BCUT2D eigenvalue weighted by Crippen LogP contribution is 2.23. The average Bonchev–Trinajstić information content (AvgIpc) is 2.95. The van der Waals surface area contributed by atoms with Crippen molar-refractivity contribution in [3.05, 3.63) is 46.7 Å². The molecule has 0 unspecified atom stereocenters. The van der Waals surface area contributed by atoms with Crippen LogP contribution in [0, 0.1) is 0 Å². The molecular weight excluding hydrogens is 324 g/mol. The summed E-state index contributed by atoms with van der Waals surface area (Å²) in [5, 5.41) is 3.62. The van der Waals surface area contributed by atoms with Crippen LogP contribution in [0.2, 0.25) is 5.02 Å². The Hall–Kier alpha value is -1.92. The molecule has 1 N–H and O–H groups in total. The number of benzene rings is 1. The molecule has 0 fully saturated rings. The number of hydrogen-bond acceptors (Lipinski definition) is 4. The van der Waals surface area contributed by atoms with E-state index in [1.807, 2.05) is 6.26 Å². The molecule has 2 amide bonds. The third-order valence-electron chi connectivity index (χ3n) is 2.87. The number of furan rings is 1. The molecule has 0 aliphatic rings. The van der Waals surface area contributed by atoms with E-state index in [1.165, 1.54) is 22.7 Å². The number of halogens is 1. The van der Waals surface area contributed by atoms with Crippen LogP contribution in [0.3, 0.4) is 0 Å². The summed E-state index contributed by atoms with van der Waals surface area (Å²) < 4.78 is 5.35. The lowest BCUT2D eigenvalue weighted by atomic mass is 10.2. The van der Waals surface area contributed by atoms with Crippen molar-refractivity contribution in [1.29, 1.82) is 0 Å². The predicted octanol–water partition coefficient (Wildman–Crippen LogP) is 3.61. The van der Waals surface area contributed by atoms with E-state index in [9.17, 15) is 9.59 Å². The molecule has 0 radical (unpaired) electrons. The van der Waals surface area contributed by atoms with Crippen molar-refractivity contribution in [2.75, 3.05) is 25.7 Å². The molecule has 2 rings (SSSR count). The van der Waals surface area contributed by atoms with E-state index >= 15 is 0 Å². The van der Waals surface area contributed by atoms with Crippen molar-refractivity contribution < 1.29 is 14.0 Å². The molecule has 0 aliphatic carbocycles. The van der Waals surface area contributed by atoms with Gasteiger partial charge in [-0.25, -0.2) is 0 Å². The van der Waals surface area contributed by atoms with Gasteiger partial charge in [0.25, 0.3) is 11.8 Å². The minimum atomic E-state index is -0.372. The number of nitrogens with one attached hydrogen (secondary N) is 1. The second-order valence-electron chi connectivity index (χ2n) is 4.67. The first-order valence-corrected chi connectivity index (χ1v) is 7.99. The van der Waals surface area contributed by atoms with Crippen LogP contribution >= 0.6 is 23.4 Å². The summed E-state index contributed by atoms with van der Waals surface area (Å²) in [6.07, 6.45) is 1.86. The summed E-state index contributed by atoms with van der Waals surface area (Å²) in [6.45, 7) is 0. The van der Waals surface area contributed by atoms with Crippen LogP contribution < -0.4 is 5.32 Å². The van der Waals surface area contributed by atoms with Gasteiger partial charge >= 0.3 is 0 Å². The topological polar surface area (TPSA) is 62.6 Å². The summed E-state index contributed by atoms with van der Waals surface area (Å²) >= 11 is 7.51. The molecule has 7 heteroatoms. The van der Waals surface area contributed by atoms with Crippen molar-refractivity contribution in [2.24, 2.45) is 0 Å². The Morgan fingerprint density at radius 3 is 2.50 bits per heavy atom. The lowest BCUT2D eigenvalue weighted by molar-refractivity contribution is 0.0827. The Morgan fingerprint density at radius 2 is 1.95 bits per heavy atom. The van der Waals surface area contributed by atoms with E-state index in [-0.39, 0.29) is 22.6 Å². The zero-order chi connectivity index (χ0) is 16.3. The van der Waals surface area contributed by atoms with Gasteiger partial charge in [0, 0.05) is 19.8 Å². The van der Waals surface area contributed by atoms with Gasteiger partial charge in [-0.2, -0.15) is 0 Å². The third-order valence-corrected chi connectivity index (χ3v) is 3.80. The van der Waals surface area contributed by atoms with E-state index in [2.05, 4.69) is 5.32 Å². The number of carbonyl (C=O) groups excluding carboxylic acids is 2. The van der Waals surface area contributed by atoms with Crippen LogP contribution in [-0.4, -0.2) is 37.1 Å². The number of nitrogens with zero attached hydrogens (tertiary/aromatic N) is 1. The summed E-state index contributed by atoms with van der Waals surface area (Å²) in [5.41, 5.74) is 0.875. The van der Waals surface area contributed by atoms with Crippen molar-refractivity contribution in [3.8, 4) is 0 Å². The molecule has 2 aromatic rings. The molecule has 1 aromatic carbocycles. The lowest BCUT2D eigenvalue weighted by Crippen LogP contribution is -2.22. The van der Waals surface area contributed by atoms with Crippen LogP contribution in [0.4, 0.5) is 5.69 Å². The van der Waals surface area contributed by atoms with E-state index in [1.54, 1.807) is 38.4 Å². The highest BCUT2D eigenvalue weighted by Gasteiger charge is 2.15. The largest absolute Gasteiger partial charge is 0.445 e. The fraction of sp³-hybridized carbons (Fsp3) is 0.200. The first kappa shape index (κ1) is 16.5. The van der Waals surface area contributed by atoms with Gasteiger partial charge in [0.15, 0.2) is 10.9 Å². The number of carbonyl (C=O) groups is 2. The van der Waals surface area contributed by atoms with Crippen LogP contribution in [0.15, 0.2) is 39.8 Å². The average molecular weight is 339 g/mol. The van der Waals surface area contributed by atoms with Gasteiger partial charge in [0.1, 0.15) is 0 Å². The molecule has 0 bridgehead atoms. The monoisotopic (exact) mass is 338 g/mol. The zero-order valence-corrected chi connectivity index (χ0v) is 13.9. The molecule has 0 aliphatic heterocycles. The Bertz CT molecular complexity index is 713. The summed E-state index contributed by atoms with van der Waals surface area (Å²) in [4.78, 5) is 25.4. The molecular formula is C15H15ClN2O3S. The van der Waals surface area contributed by atoms with Gasteiger partial charge in [-0.15, -0.1) is 0 Å². The van der Waals surface area contributed by atoms with Crippen molar-refractivity contribution in [1.82, 2.24) is 4.90 Å². The second-order valence-corrected chi connectivity index (χ2v) is 5.89. The van der Waals surface area contributed by atoms with Gasteiger partial charge in [-0.1, -0.05) is 23.4 Å². The van der Waals surface area contributed by atoms with Crippen LogP contribution in [0.25, 0.3) is 0 Å². The molecule has 1 aromatic heterocycles. The first-order valence-electron chi connectivity index (χ1n) is 6.38. The van der Waals surface area contributed by atoms with Gasteiger partial charge in [0.2, 0.25) is 0 Å². The van der Waals surface area contributed by atoms with Crippen molar-refractivity contribution >= 4 is 40.9 Å². The van der Waals surface area contributed by atoms with Gasteiger partial charge in [0.05, 0.1) is 10.6 Å². The smallest absolute Gasteiger partial charge is 0.291 e. The molecule has 0 atom stereocenters. The maximum Gasteiger partial charge on any atom is 0.291 e. The molecule has 1 heterocycles. The second kappa shape index (κ2) is 6.89. The molecule has 0 saturated carbocycles. The first-order chi connectivity index (χ1) is 10.4. The number of rotatable bonds is 4. The van der Waals surface area contributed by atoms with Crippen LogP contribution in [0.1, 0.15) is 20.9 Å². The molecule has 22 heavy (non-hydrogen) atoms. The number of thioether (sulfide) groups is 1. The fourth-order valence-electron chi connectivity index (χ4n) is 1.75. The summed E-state index contributed by atoms with van der Waals surface area (Å²) in [6, 6.07) is 8.07. The lowest BCUT2D eigenvalue weighted by Gasteiger charge is -2.12. The van der Waals surface area contributed by atoms with E-state index < -0.39 is 0 Å². The Kier molecular flexibility index (Phi) is 5.15. The van der Waals surface area contributed by atoms with Crippen molar-refractivity contribution in [3.63, 3.8) is 0 Å². The Morgan fingerprint density at radius 1 is 1.23 bits per heavy atom. The number of hydrogen-bond donors (Lipinski definition) is 1. The highest BCUT2D eigenvalue weighted by molar-refractivity contribution is 7.98. The minimum absolute atomic E-state index is 0.196. The van der Waals surface area contributed by atoms with Crippen molar-refractivity contribution in [2.45, 2.75) is 5.09 Å².